The normalized spacial score (nSPS) is 13.6. The molecule has 0 aliphatic rings. The van der Waals surface area contributed by atoms with E-state index in [9.17, 15) is 4.39 Å². The third kappa shape index (κ3) is 2.60. The maximum atomic E-state index is 11.7. The Morgan fingerprint density at radius 3 is 2.43 bits per heavy atom. The van der Waals surface area contributed by atoms with Crippen molar-refractivity contribution in [3.05, 3.63) is 12.4 Å². The van der Waals surface area contributed by atoms with Crippen LogP contribution in [-0.4, -0.2) is 12.5 Å². The molecule has 0 amide bonds. The second-order valence-corrected chi connectivity index (χ2v) is 1.53. The van der Waals surface area contributed by atoms with Crippen molar-refractivity contribution >= 4 is 11.6 Å². The lowest BCUT2D eigenvalue weighted by molar-refractivity contribution is 0.571. The Kier molecular flexibility index (Phi) is 2.96. The van der Waals surface area contributed by atoms with E-state index in [0.717, 1.165) is 0 Å². The molecule has 0 spiro atoms. The molecule has 0 fully saturated rings. The molecule has 1 N–H and O–H groups in total. The zero-order valence-electron chi connectivity index (χ0n) is 4.04. The van der Waals surface area contributed by atoms with E-state index in [1.165, 1.54) is 0 Å². The van der Waals surface area contributed by atoms with Crippen molar-refractivity contribution < 1.29 is 4.39 Å². The topological polar surface area (TPSA) is 12.0 Å². The maximum absolute atomic E-state index is 11.7. The highest BCUT2D eigenvalue weighted by atomic mass is 35.5. The first-order chi connectivity index (χ1) is 3.18. The fourth-order valence-electron chi connectivity index (χ4n) is 0.157. The maximum Gasteiger partial charge on any atom is 0.134 e. The van der Waals surface area contributed by atoms with Crippen molar-refractivity contribution in [3.8, 4) is 0 Å². The molecule has 3 heteroatoms. The van der Waals surface area contributed by atoms with E-state index in [4.69, 9.17) is 11.6 Å². The van der Waals surface area contributed by atoms with Gasteiger partial charge in [0, 0.05) is 0 Å². The Balaban J connectivity index is 3.34. The van der Waals surface area contributed by atoms with Gasteiger partial charge in [-0.15, -0.1) is 0 Å². The van der Waals surface area contributed by atoms with Crippen LogP contribution in [0.15, 0.2) is 12.4 Å². The van der Waals surface area contributed by atoms with Gasteiger partial charge in [-0.25, -0.2) is 4.39 Å². The summed E-state index contributed by atoms with van der Waals surface area (Å²) in [5.74, 6) is -0.552. The molecule has 0 aromatic carbocycles. The van der Waals surface area contributed by atoms with E-state index in [-0.39, 0.29) is 0 Å². The van der Waals surface area contributed by atoms with Crippen LogP contribution in [0.1, 0.15) is 0 Å². The molecule has 1 nitrogen and oxygen atoms in total. The van der Waals surface area contributed by atoms with Crippen LogP contribution < -0.4 is 5.32 Å². The Hall–Kier alpha value is -0.0800. The molecule has 0 aromatic rings. The van der Waals surface area contributed by atoms with Gasteiger partial charge in [-0.05, 0) is 7.05 Å². The monoisotopic (exact) mass is 123 g/mol. The van der Waals surface area contributed by atoms with Crippen LogP contribution in [0.25, 0.3) is 0 Å². The van der Waals surface area contributed by atoms with Crippen molar-refractivity contribution in [2.75, 3.05) is 7.05 Å². The molecular weight excluding hydrogens is 117 g/mol. The number of rotatable bonds is 2. The summed E-state index contributed by atoms with van der Waals surface area (Å²) in [6.45, 7) is 2.96. The van der Waals surface area contributed by atoms with E-state index in [0.29, 0.717) is 0 Å². The lowest BCUT2D eigenvalue weighted by Crippen LogP contribution is -2.17. The first-order valence-electron chi connectivity index (χ1n) is 1.84. The van der Waals surface area contributed by atoms with Gasteiger partial charge in [-0.3, -0.25) is 5.32 Å². The zero-order valence-corrected chi connectivity index (χ0v) is 4.80. The Morgan fingerprint density at radius 1 is 2.00 bits per heavy atom. The second-order valence-electron chi connectivity index (χ2n) is 1.10. The number of nitrogens with one attached hydrogen (secondary N) is 1. The third-order valence-electron chi connectivity index (χ3n) is 0.528. The molecule has 0 radical (unpaired) electrons. The summed E-state index contributed by atoms with van der Waals surface area (Å²) in [6.07, 6.45) is 0. The number of alkyl halides is 1. The highest BCUT2D eigenvalue weighted by Gasteiger charge is 2.01. The molecule has 1 unspecified atom stereocenters. The van der Waals surface area contributed by atoms with Crippen LogP contribution in [-0.2, 0) is 0 Å². The predicted molar refractivity (Wildman–Crippen MR) is 28.9 cm³/mol. The quantitative estimate of drug-likeness (QED) is 0.431. The Labute approximate surface area is 47.2 Å². The van der Waals surface area contributed by atoms with Gasteiger partial charge >= 0.3 is 0 Å². The summed E-state index contributed by atoms with van der Waals surface area (Å²) in [6, 6.07) is 0. The van der Waals surface area contributed by atoms with Crippen LogP contribution in [0.3, 0.4) is 0 Å². The van der Waals surface area contributed by atoms with Gasteiger partial charge in [-0.2, -0.15) is 0 Å². The predicted octanol–water partition coefficient (Wildman–Crippen LogP) is 1.25. The summed E-state index contributed by atoms with van der Waals surface area (Å²) >= 11 is 5.21. The van der Waals surface area contributed by atoms with Crippen LogP contribution in [0.4, 0.5) is 4.39 Å². The summed E-state index contributed by atoms with van der Waals surface area (Å²) in [4.78, 5) is 0. The van der Waals surface area contributed by atoms with Gasteiger partial charge in [0.1, 0.15) is 11.3 Å². The van der Waals surface area contributed by atoms with Crippen LogP contribution >= 0.6 is 11.6 Å². The van der Waals surface area contributed by atoms with Gasteiger partial charge in [-0.1, -0.05) is 18.2 Å². The van der Waals surface area contributed by atoms with Crippen LogP contribution in [0.2, 0.25) is 0 Å². The smallest absolute Gasteiger partial charge is 0.134 e. The zero-order chi connectivity index (χ0) is 5.86. The highest BCUT2D eigenvalue weighted by Crippen LogP contribution is 2.02. The first kappa shape index (κ1) is 6.92. The van der Waals surface area contributed by atoms with Crippen molar-refractivity contribution in [3.63, 3.8) is 0 Å². The van der Waals surface area contributed by atoms with E-state index in [2.05, 4.69) is 11.9 Å². The van der Waals surface area contributed by atoms with E-state index < -0.39 is 11.3 Å². The molecule has 1 atom stereocenters. The van der Waals surface area contributed by atoms with Crippen LogP contribution in [0.5, 0.6) is 0 Å². The number of hydrogen-bond acceptors (Lipinski definition) is 1. The molecule has 0 heterocycles. The van der Waals surface area contributed by atoms with E-state index in [1.54, 1.807) is 7.05 Å². The van der Waals surface area contributed by atoms with Crippen molar-refractivity contribution in [2.45, 2.75) is 5.50 Å². The number of halogens is 2. The fourth-order valence-corrected chi connectivity index (χ4v) is 0.157. The van der Waals surface area contributed by atoms with Gasteiger partial charge < -0.3 is 0 Å². The molecule has 0 bridgehead atoms. The van der Waals surface area contributed by atoms with Gasteiger partial charge in [0.25, 0.3) is 0 Å². The fraction of sp³-hybridized carbons (Fsp3) is 0.500. The first-order valence-corrected chi connectivity index (χ1v) is 2.27. The standard InChI is InChI=1S/C4H7ClFN/c1-3(6)4(5)7-2/h4,7H,1H2,2H3. The number of likely N-dealkylation sites (N-methyl/N-ethyl adjacent to an activating group) is 1. The van der Waals surface area contributed by atoms with Gasteiger partial charge in [0.15, 0.2) is 0 Å². The average molecular weight is 124 g/mol. The summed E-state index contributed by atoms with van der Waals surface area (Å²) in [7, 11) is 1.56. The van der Waals surface area contributed by atoms with Crippen molar-refractivity contribution in [1.29, 1.82) is 0 Å². The molecule has 42 valence electrons. The van der Waals surface area contributed by atoms with E-state index >= 15 is 0 Å². The summed E-state index contributed by atoms with van der Waals surface area (Å²) in [5, 5.41) is 2.46. The summed E-state index contributed by atoms with van der Waals surface area (Å²) in [5.41, 5.74) is -0.736. The molecule has 0 aliphatic carbocycles. The molecule has 0 rings (SSSR count). The minimum absolute atomic E-state index is 0.552. The Morgan fingerprint density at radius 2 is 2.43 bits per heavy atom. The second kappa shape index (κ2) is 2.99. The SMILES string of the molecule is C=C(F)C(Cl)NC. The highest BCUT2D eigenvalue weighted by molar-refractivity contribution is 6.21. The minimum atomic E-state index is -0.736. The lowest BCUT2D eigenvalue weighted by Gasteiger charge is -2.00. The minimum Gasteiger partial charge on any atom is -0.299 e. The summed E-state index contributed by atoms with van der Waals surface area (Å²) < 4.78 is 11.7. The average Bonchev–Trinajstić information content (AvgIpc) is 1.65. The van der Waals surface area contributed by atoms with Crippen molar-refractivity contribution in [2.24, 2.45) is 0 Å². The lowest BCUT2D eigenvalue weighted by atomic mass is 10.6. The third-order valence-corrected chi connectivity index (χ3v) is 0.983. The molecule has 0 aliphatic heterocycles. The van der Waals surface area contributed by atoms with Gasteiger partial charge in [0.05, 0.1) is 0 Å². The molecule has 7 heavy (non-hydrogen) atoms. The van der Waals surface area contributed by atoms with Crippen molar-refractivity contribution in [1.82, 2.24) is 5.32 Å². The van der Waals surface area contributed by atoms with Crippen LogP contribution in [0, 0.1) is 0 Å². The molecule has 0 saturated heterocycles. The molecule has 0 saturated carbocycles. The van der Waals surface area contributed by atoms with Gasteiger partial charge in [0.2, 0.25) is 0 Å². The molecule has 0 aromatic heterocycles. The Bertz CT molecular complexity index is 74.1. The number of hydrogen-bond donors (Lipinski definition) is 1. The molecular formula is C4H7ClFN. The van der Waals surface area contributed by atoms with E-state index in [1.807, 2.05) is 0 Å². The largest absolute Gasteiger partial charge is 0.299 e.